The maximum Gasteiger partial charge on any atom is 0.234 e. The van der Waals surface area contributed by atoms with Crippen LogP contribution in [0.5, 0.6) is 0 Å². The number of nitriles is 1. The van der Waals surface area contributed by atoms with Crippen molar-refractivity contribution in [3.8, 4) is 6.07 Å². The van der Waals surface area contributed by atoms with Gasteiger partial charge in [0.15, 0.2) is 4.34 Å². The summed E-state index contributed by atoms with van der Waals surface area (Å²) in [6.07, 6.45) is 1.73. The number of nitrogens with one attached hydrogen (secondary N) is 2. The molecule has 2 aromatic rings. The number of carbonyl (C=O) groups excluding carboxylic acids is 1. The Kier molecular flexibility index (Phi) is 6.40. The van der Waals surface area contributed by atoms with Gasteiger partial charge in [-0.3, -0.25) is 4.79 Å². The molecule has 2 rings (SSSR count). The molecule has 0 saturated heterocycles. The minimum Gasteiger partial charge on any atom is -0.357 e. The van der Waals surface area contributed by atoms with Gasteiger partial charge in [0, 0.05) is 12.2 Å². The van der Waals surface area contributed by atoms with E-state index in [9.17, 15) is 4.79 Å². The number of anilines is 2. The predicted molar refractivity (Wildman–Crippen MR) is 94.1 cm³/mol. The maximum atomic E-state index is 11.9. The molecule has 0 saturated carbocycles. The van der Waals surface area contributed by atoms with E-state index in [0.29, 0.717) is 32.3 Å². The smallest absolute Gasteiger partial charge is 0.234 e. The van der Waals surface area contributed by atoms with Crippen molar-refractivity contribution in [3.63, 3.8) is 0 Å². The Bertz CT molecular complexity index is 756. The lowest BCUT2D eigenvalue weighted by molar-refractivity contribution is -0.113. The minimum absolute atomic E-state index is 0.188. The van der Waals surface area contributed by atoms with E-state index in [-0.39, 0.29) is 11.7 Å². The van der Waals surface area contributed by atoms with E-state index in [1.165, 1.54) is 23.1 Å². The quantitative estimate of drug-likeness (QED) is 0.577. The maximum absolute atomic E-state index is 11.9. The van der Waals surface area contributed by atoms with E-state index in [1.807, 2.05) is 6.07 Å². The minimum atomic E-state index is -0.188. The molecular weight excluding hydrogens is 354 g/mol. The van der Waals surface area contributed by atoms with Gasteiger partial charge in [-0.05, 0) is 18.2 Å². The van der Waals surface area contributed by atoms with Gasteiger partial charge in [0.05, 0.1) is 16.3 Å². The van der Waals surface area contributed by atoms with Crippen molar-refractivity contribution in [2.24, 2.45) is 0 Å². The SMILES string of the molecule is C=CCNc1nnc(SCC(=O)Nc2ccc(C#N)c(Cl)c2)s1. The lowest BCUT2D eigenvalue weighted by Crippen LogP contribution is -2.13. The summed E-state index contributed by atoms with van der Waals surface area (Å²) in [6, 6.07) is 6.71. The highest BCUT2D eigenvalue weighted by molar-refractivity contribution is 8.01. The first-order valence-corrected chi connectivity index (χ1v) is 8.61. The summed E-state index contributed by atoms with van der Waals surface area (Å²) in [6.45, 7) is 4.22. The molecule has 0 aliphatic rings. The number of hydrogen-bond donors (Lipinski definition) is 2. The number of nitrogens with zero attached hydrogens (tertiary/aromatic N) is 3. The van der Waals surface area contributed by atoms with Gasteiger partial charge < -0.3 is 10.6 Å². The Hall–Kier alpha value is -2.08. The second-order valence-corrected chi connectivity index (χ2v) is 6.79. The van der Waals surface area contributed by atoms with Gasteiger partial charge in [-0.15, -0.1) is 16.8 Å². The molecule has 0 aliphatic carbocycles. The molecule has 6 nitrogen and oxygen atoms in total. The van der Waals surface area contributed by atoms with E-state index in [0.717, 1.165) is 0 Å². The molecule has 9 heteroatoms. The third-order valence-corrected chi connectivity index (χ3v) is 4.83. The van der Waals surface area contributed by atoms with Crippen molar-refractivity contribution in [2.75, 3.05) is 22.9 Å². The van der Waals surface area contributed by atoms with E-state index >= 15 is 0 Å². The van der Waals surface area contributed by atoms with Crippen molar-refractivity contribution in [2.45, 2.75) is 4.34 Å². The molecule has 0 aliphatic heterocycles. The number of benzene rings is 1. The second kappa shape index (κ2) is 8.53. The number of amides is 1. The molecule has 0 atom stereocenters. The molecule has 1 aromatic carbocycles. The Labute approximate surface area is 146 Å². The van der Waals surface area contributed by atoms with Crippen molar-refractivity contribution in [1.29, 1.82) is 5.26 Å². The normalized spacial score (nSPS) is 9.91. The molecule has 2 N–H and O–H groups in total. The van der Waals surface area contributed by atoms with Crippen LogP contribution in [-0.2, 0) is 4.79 Å². The predicted octanol–water partition coefficient (Wildman–Crippen LogP) is 3.39. The fourth-order valence-corrected chi connectivity index (χ4v) is 3.29. The largest absolute Gasteiger partial charge is 0.357 e. The molecular formula is C14H12ClN5OS2. The van der Waals surface area contributed by atoms with Crippen LogP contribution in [0.15, 0.2) is 35.2 Å². The van der Waals surface area contributed by atoms with Gasteiger partial charge in [-0.25, -0.2) is 0 Å². The molecule has 1 aromatic heterocycles. The van der Waals surface area contributed by atoms with Gasteiger partial charge >= 0.3 is 0 Å². The van der Waals surface area contributed by atoms with E-state index in [1.54, 1.807) is 24.3 Å². The average Bonchev–Trinajstić information content (AvgIpc) is 2.99. The molecule has 1 heterocycles. The third-order valence-electron chi connectivity index (χ3n) is 2.50. The Morgan fingerprint density at radius 3 is 3.04 bits per heavy atom. The number of carbonyl (C=O) groups is 1. The van der Waals surface area contributed by atoms with Crippen LogP contribution in [0.1, 0.15) is 5.56 Å². The fourth-order valence-electron chi connectivity index (χ4n) is 1.51. The van der Waals surface area contributed by atoms with Crippen molar-refractivity contribution in [3.05, 3.63) is 41.4 Å². The van der Waals surface area contributed by atoms with Crippen LogP contribution in [0, 0.1) is 11.3 Å². The molecule has 0 fully saturated rings. The summed E-state index contributed by atoms with van der Waals surface area (Å²) in [7, 11) is 0. The fraction of sp³-hybridized carbons (Fsp3) is 0.143. The van der Waals surface area contributed by atoms with Crippen molar-refractivity contribution < 1.29 is 4.79 Å². The molecule has 0 bridgehead atoms. The standard InChI is InChI=1S/C14H12ClN5OS2/c1-2-5-17-13-19-20-14(23-13)22-8-12(21)18-10-4-3-9(7-16)11(15)6-10/h2-4,6H,1,5,8H2,(H,17,19)(H,18,21). The zero-order valence-electron chi connectivity index (χ0n) is 11.9. The van der Waals surface area contributed by atoms with E-state index in [2.05, 4.69) is 27.4 Å². The molecule has 118 valence electrons. The summed E-state index contributed by atoms with van der Waals surface area (Å²) in [4.78, 5) is 11.9. The Morgan fingerprint density at radius 1 is 1.52 bits per heavy atom. The molecule has 0 radical (unpaired) electrons. The van der Waals surface area contributed by atoms with Gasteiger partial charge in [0.2, 0.25) is 11.0 Å². The zero-order chi connectivity index (χ0) is 16.7. The highest BCUT2D eigenvalue weighted by Gasteiger charge is 2.09. The van der Waals surface area contributed by atoms with Crippen LogP contribution >= 0.6 is 34.7 Å². The van der Waals surface area contributed by atoms with Gasteiger partial charge in [-0.1, -0.05) is 40.8 Å². The van der Waals surface area contributed by atoms with E-state index in [4.69, 9.17) is 16.9 Å². The first-order chi connectivity index (χ1) is 11.1. The summed E-state index contributed by atoms with van der Waals surface area (Å²) >= 11 is 8.59. The van der Waals surface area contributed by atoms with Crippen molar-refractivity contribution >= 4 is 51.4 Å². The highest BCUT2D eigenvalue weighted by Crippen LogP contribution is 2.26. The first kappa shape index (κ1) is 17.3. The lowest BCUT2D eigenvalue weighted by Gasteiger charge is -2.05. The second-order valence-electron chi connectivity index (χ2n) is 4.19. The number of aromatic nitrogens is 2. The summed E-state index contributed by atoms with van der Waals surface area (Å²) < 4.78 is 0.699. The zero-order valence-corrected chi connectivity index (χ0v) is 14.3. The molecule has 0 spiro atoms. The van der Waals surface area contributed by atoms with Crippen LogP contribution in [0.25, 0.3) is 0 Å². The number of rotatable bonds is 7. The molecule has 23 heavy (non-hydrogen) atoms. The first-order valence-electron chi connectivity index (χ1n) is 6.43. The van der Waals surface area contributed by atoms with Gasteiger partial charge in [-0.2, -0.15) is 5.26 Å². The number of halogens is 1. The lowest BCUT2D eigenvalue weighted by atomic mass is 10.2. The van der Waals surface area contributed by atoms with Gasteiger partial charge in [0.1, 0.15) is 6.07 Å². The topological polar surface area (TPSA) is 90.7 Å². The van der Waals surface area contributed by atoms with Crippen LogP contribution < -0.4 is 10.6 Å². The van der Waals surface area contributed by atoms with Crippen LogP contribution in [-0.4, -0.2) is 28.4 Å². The highest BCUT2D eigenvalue weighted by atomic mass is 35.5. The van der Waals surface area contributed by atoms with E-state index < -0.39 is 0 Å². The summed E-state index contributed by atoms with van der Waals surface area (Å²) in [5.74, 6) is 0.0137. The number of thioether (sulfide) groups is 1. The van der Waals surface area contributed by atoms with Crippen LogP contribution in [0.2, 0.25) is 5.02 Å². The summed E-state index contributed by atoms with van der Waals surface area (Å²) in [5, 5.41) is 23.5. The van der Waals surface area contributed by atoms with Crippen LogP contribution in [0.4, 0.5) is 10.8 Å². The monoisotopic (exact) mass is 365 g/mol. The molecule has 1 amide bonds. The third kappa shape index (κ3) is 5.25. The Morgan fingerprint density at radius 2 is 2.35 bits per heavy atom. The Balaban J connectivity index is 1.85. The van der Waals surface area contributed by atoms with Gasteiger partial charge in [0.25, 0.3) is 0 Å². The number of hydrogen-bond acceptors (Lipinski definition) is 7. The average molecular weight is 366 g/mol. The van der Waals surface area contributed by atoms with Crippen molar-refractivity contribution in [1.82, 2.24) is 10.2 Å². The molecule has 0 unspecified atom stereocenters. The summed E-state index contributed by atoms with van der Waals surface area (Å²) in [5.41, 5.74) is 0.914. The van der Waals surface area contributed by atoms with Crippen LogP contribution in [0.3, 0.4) is 0 Å².